The molecule has 0 atom stereocenters. The van der Waals surface area contributed by atoms with Crippen LogP contribution in [0.3, 0.4) is 0 Å². The molecule has 0 aliphatic carbocycles. The molecule has 0 aliphatic heterocycles. The van der Waals surface area contributed by atoms with E-state index >= 15 is 0 Å². The molecule has 0 aliphatic rings. The van der Waals surface area contributed by atoms with Crippen molar-refractivity contribution < 1.29 is 9.53 Å². The van der Waals surface area contributed by atoms with Gasteiger partial charge >= 0.3 is 5.97 Å². The van der Waals surface area contributed by atoms with Gasteiger partial charge in [0.2, 0.25) is 0 Å². The molecule has 0 aromatic heterocycles. The van der Waals surface area contributed by atoms with Gasteiger partial charge in [-0.25, -0.2) is 4.79 Å². The summed E-state index contributed by atoms with van der Waals surface area (Å²) in [4.78, 5) is 14.1. The summed E-state index contributed by atoms with van der Waals surface area (Å²) in [5.74, 6) is -0.235. The fourth-order valence-electron chi connectivity index (χ4n) is 4.32. The minimum atomic E-state index is -2.53. The van der Waals surface area contributed by atoms with Crippen LogP contribution in [-0.2, 0) is 16.0 Å². The van der Waals surface area contributed by atoms with Crippen LogP contribution in [0.5, 0.6) is 0 Å². The van der Waals surface area contributed by atoms with Crippen molar-refractivity contribution in [2.45, 2.75) is 32.8 Å². The quantitative estimate of drug-likeness (QED) is 0.268. The highest BCUT2D eigenvalue weighted by Gasteiger charge is 2.35. The summed E-state index contributed by atoms with van der Waals surface area (Å²) < 4.78 is 6.09. The Kier molecular flexibility index (Phi) is 7.20. The number of carbonyl (C=O) groups excluding carboxylic acids is 1. The van der Waals surface area contributed by atoms with Crippen LogP contribution in [-0.4, -0.2) is 16.9 Å². The zero-order valence-corrected chi connectivity index (χ0v) is 20.9. The summed E-state index contributed by atoms with van der Waals surface area (Å²) in [5, 5.41) is 4.23. The van der Waals surface area contributed by atoms with Crippen molar-refractivity contribution in [2.24, 2.45) is 0 Å². The molecule has 4 rings (SSSR count). The van der Waals surface area contributed by atoms with Gasteiger partial charge in [-0.2, -0.15) is 0 Å². The fraction of sp³-hybridized carbons (Fsp3) is 0.161. The van der Waals surface area contributed by atoms with E-state index in [-0.39, 0.29) is 5.97 Å². The molecule has 0 N–H and O–H groups in total. The van der Waals surface area contributed by atoms with Crippen LogP contribution in [0.1, 0.15) is 26.3 Å². The van der Waals surface area contributed by atoms with Gasteiger partial charge in [0.25, 0.3) is 0 Å². The average molecular weight is 467 g/mol. The van der Waals surface area contributed by atoms with Crippen molar-refractivity contribution in [1.29, 1.82) is 0 Å². The topological polar surface area (TPSA) is 26.3 Å². The van der Waals surface area contributed by atoms with E-state index in [0.717, 1.165) is 26.8 Å². The van der Waals surface area contributed by atoms with E-state index in [1.165, 1.54) is 0 Å². The molecule has 34 heavy (non-hydrogen) atoms. The van der Waals surface area contributed by atoms with Gasteiger partial charge < -0.3 is 4.74 Å². The van der Waals surface area contributed by atoms with Crippen LogP contribution in [0.4, 0.5) is 0 Å². The van der Waals surface area contributed by atoms with Crippen LogP contribution in [0.15, 0.2) is 121 Å². The molecule has 2 nitrogen and oxygen atoms in total. The molecule has 0 radical (unpaired) electrons. The molecule has 0 saturated heterocycles. The van der Waals surface area contributed by atoms with Crippen LogP contribution < -0.4 is 15.9 Å². The number of esters is 1. The SMILES string of the molecule is CC(C)(C)OC(=O)C(Cc1ccccc1)=P(c1ccccc1)(c1ccccc1)c1ccccc1. The van der Waals surface area contributed by atoms with Gasteiger partial charge in [-0.1, -0.05) is 121 Å². The van der Waals surface area contributed by atoms with E-state index in [9.17, 15) is 4.79 Å². The van der Waals surface area contributed by atoms with Gasteiger partial charge in [0, 0.05) is 6.42 Å². The Balaban J connectivity index is 2.18. The zero-order chi connectivity index (χ0) is 24.0. The predicted molar refractivity (Wildman–Crippen MR) is 146 cm³/mol. The third kappa shape index (κ3) is 5.08. The lowest BCUT2D eigenvalue weighted by Gasteiger charge is -2.33. The van der Waals surface area contributed by atoms with E-state index in [2.05, 4.69) is 84.9 Å². The maximum Gasteiger partial charge on any atom is 0.335 e. The molecule has 0 saturated carbocycles. The molecule has 0 spiro atoms. The maximum atomic E-state index is 14.1. The lowest BCUT2D eigenvalue weighted by Crippen LogP contribution is -2.37. The van der Waals surface area contributed by atoms with Gasteiger partial charge in [0.05, 0.1) is 5.29 Å². The smallest absolute Gasteiger partial charge is 0.335 e. The van der Waals surface area contributed by atoms with Crippen molar-refractivity contribution in [3.63, 3.8) is 0 Å². The number of rotatable bonds is 6. The van der Waals surface area contributed by atoms with Gasteiger partial charge in [0.15, 0.2) is 0 Å². The van der Waals surface area contributed by atoms with Crippen LogP contribution in [0.2, 0.25) is 0 Å². The minimum Gasteiger partial charge on any atom is -0.457 e. The largest absolute Gasteiger partial charge is 0.457 e. The highest BCUT2D eigenvalue weighted by Crippen LogP contribution is 2.47. The first-order valence-electron chi connectivity index (χ1n) is 11.6. The molecule has 3 heteroatoms. The Labute approximate surface area is 203 Å². The van der Waals surface area contributed by atoms with E-state index in [0.29, 0.717) is 6.42 Å². The zero-order valence-electron chi connectivity index (χ0n) is 20.0. The first kappa shape index (κ1) is 23.8. The van der Waals surface area contributed by atoms with Gasteiger partial charge in [-0.3, -0.25) is 0 Å². The molecule has 0 unspecified atom stereocenters. The summed E-state index contributed by atoms with van der Waals surface area (Å²) in [5.41, 5.74) is 0.495. The van der Waals surface area contributed by atoms with Crippen molar-refractivity contribution in [1.82, 2.24) is 0 Å². The highest BCUT2D eigenvalue weighted by atomic mass is 31.2. The van der Waals surface area contributed by atoms with E-state index in [1.807, 2.05) is 57.2 Å². The van der Waals surface area contributed by atoms with Crippen LogP contribution >= 0.6 is 6.89 Å². The lowest BCUT2D eigenvalue weighted by molar-refractivity contribution is -0.146. The fourth-order valence-corrected chi connectivity index (χ4v) is 8.75. The molecule has 0 heterocycles. The second kappa shape index (κ2) is 10.3. The van der Waals surface area contributed by atoms with Gasteiger partial charge in [-0.05, 0) is 49.1 Å². The van der Waals surface area contributed by atoms with Crippen molar-refractivity contribution in [2.75, 3.05) is 0 Å². The van der Waals surface area contributed by atoms with E-state index in [1.54, 1.807) is 0 Å². The highest BCUT2D eigenvalue weighted by molar-refractivity contribution is 7.96. The molecule has 0 amide bonds. The standard InChI is InChI=1S/C31H31O2P/c1-31(2,3)33-30(32)29(24-25-16-8-4-9-17-25)34(26-18-10-5-11-19-26,27-20-12-6-13-21-27)28-22-14-7-15-23-28/h4-23H,24H2,1-3H3. The first-order chi connectivity index (χ1) is 16.4. The van der Waals surface area contributed by atoms with Gasteiger partial charge in [-0.15, -0.1) is 0 Å². The predicted octanol–water partition coefficient (Wildman–Crippen LogP) is 5.74. The Bertz CT molecular complexity index is 1170. The Morgan fingerprint density at radius 3 is 1.32 bits per heavy atom. The number of hydrogen-bond donors (Lipinski definition) is 0. The number of ether oxygens (including phenoxy) is 1. The summed E-state index contributed by atoms with van der Waals surface area (Å²) in [6.07, 6.45) is 0.516. The van der Waals surface area contributed by atoms with Crippen LogP contribution in [0.25, 0.3) is 0 Å². The third-order valence-electron chi connectivity index (χ3n) is 5.68. The summed E-state index contributed by atoms with van der Waals surface area (Å²) >= 11 is 0. The molecular weight excluding hydrogens is 435 g/mol. The molecule has 0 bridgehead atoms. The summed E-state index contributed by atoms with van der Waals surface area (Å²) in [6, 6.07) is 41.6. The Hall–Kier alpha value is -3.35. The third-order valence-corrected chi connectivity index (χ3v) is 10.1. The average Bonchev–Trinajstić information content (AvgIpc) is 2.85. The van der Waals surface area contributed by atoms with Crippen LogP contribution in [0, 0.1) is 0 Å². The monoisotopic (exact) mass is 466 g/mol. The summed E-state index contributed by atoms with van der Waals surface area (Å²) in [7, 11) is 0. The van der Waals surface area contributed by atoms with Crippen molar-refractivity contribution in [3.8, 4) is 0 Å². The molecule has 172 valence electrons. The number of hydrogen-bond acceptors (Lipinski definition) is 2. The molecule has 0 fully saturated rings. The van der Waals surface area contributed by atoms with E-state index < -0.39 is 12.5 Å². The number of benzene rings is 4. The second-order valence-electron chi connectivity index (χ2n) is 9.29. The number of carbonyl (C=O) groups is 1. The molecular formula is C31H31O2P. The van der Waals surface area contributed by atoms with Crippen molar-refractivity contribution in [3.05, 3.63) is 127 Å². The molecule has 4 aromatic rings. The Morgan fingerprint density at radius 2 is 0.971 bits per heavy atom. The minimum absolute atomic E-state index is 0.235. The maximum absolute atomic E-state index is 14.1. The van der Waals surface area contributed by atoms with Crippen molar-refractivity contribution >= 4 is 34.1 Å². The second-order valence-corrected chi connectivity index (χ2v) is 12.7. The van der Waals surface area contributed by atoms with Gasteiger partial charge in [0.1, 0.15) is 5.60 Å². The first-order valence-corrected chi connectivity index (χ1v) is 13.4. The normalized spacial score (nSPS) is 11.6. The van der Waals surface area contributed by atoms with E-state index in [4.69, 9.17) is 4.74 Å². The summed E-state index contributed by atoms with van der Waals surface area (Å²) in [6.45, 7) is 3.26. The molecule has 4 aromatic carbocycles. The lowest BCUT2D eigenvalue weighted by atomic mass is 10.1. The Morgan fingerprint density at radius 1 is 0.618 bits per heavy atom.